The topological polar surface area (TPSA) is 102 Å². The van der Waals surface area contributed by atoms with Gasteiger partial charge in [-0.2, -0.15) is 0 Å². The van der Waals surface area contributed by atoms with E-state index in [1.807, 2.05) is 77.7 Å². The summed E-state index contributed by atoms with van der Waals surface area (Å²) in [6, 6.07) is 26.2. The Kier molecular flexibility index (Phi) is 12.4. The zero-order valence-electron chi connectivity index (χ0n) is 22.6. The van der Waals surface area contributed by atoms with Crippen LogP contribution in [0.2, 0.25) is 0 Å². The highest BCUT2D eigenvalue weighted by molar-refractivity contribution is 7.89. The predicted molar refractivity (Wildman–Crippen MR) is 163 cm³/mol. The van der Waals surface area contributed by atoms with E-state index >= 15 is 0 Å². The summed E-state index contributed by atoms with van der Waals surface area (Å²) >= 11 is 0. The second-order valence-electron chi connectivity index (χ2n) is 9.89. The number of nitrogens with one attached hydrogen (secondary N) is 2. The highest BCUT2D eigenvalue weighted by Gasteiger charge is 2.21. The summed E-state index contributed by atoms with van der Waals surface area (Å²) in [6.07, 6.45) is 3.99. The Morgan fingerprint density at radius 3 is 2.17 bits per heavy atom. The van der Waals surface area contributed by atoms with E-state index in [0.29, 0.717) is 12.5 Å². The van der Waals surface area contributed by atoms with Crippen molar-refractivity contribution in [1.82, 2.24) is 9.62 Å². The highest BCUT2D eigenvalue weighted by Crippen LogP contribution is 2.23. The van der Waals surface area contributed by atoms with Crippen LogP contribution in [0.5, 0.6) is 0 Å². The van der Waals surface area contributed by atoms with Gasteiger partial charge < -0.3 is 15.3 Å². The lowest BCUT2D eigenvalue weighted by molar-refractivity contribution is 0.183. The molecule has 1 saturated heterocycles. The number of hydrogen-bond donors (Lipinski definition) is 3. The third kappa shape index (κ3) is 9.31. The molecule has 2 amide bonds. The fourth-order valence-electron chi connectivity index (χ4n) is 4.94. The van der Waals surface area contributed by atoms with Crippen molar-refractivity contribution in [3.05, 3.63) is 90.5 Å². The van der Waals surface area contributed by atoms with Gasteiger partial charge in [-0.25, -0.2) is 17.9 Å². The highest BCUT2D eigenvalue weighted by atomic mass is 35.5. The number of rotatable bonds is 12. The number of carbonyl (C=O) groups is 1. The Morgan fingerprint density at radius 1 is 0.925 bits per heavy atom. The first-order valence-electron chi connectivity index (χ1n) is 13.5. The van der Waals surface area contributed by atoms with E-state index in [9.17, 15) is 13.2 Å². The number of aliphatic hydroxyl groups is 1. The smallest absolute Gasteiger partial charge is 0.326 e. The third-order valence-corrected chi connectivity index (χ3v) is 8.54. The number of aliphatic hydroxyl groups excluding tert-OH is 1. The Bertz CT molecular complexity index is 1270. The van der Waals surface area contributed by atoms with Crippen molar-refractivity contribution < 1.29 is 18.3 Å². The fourth-order valence-corrected chi connectivity index (χ4v) is 5.96. The molecule has 3 aromatic rings. The Morgan fingerprint density at radius 2 is 1.55 bits per heavy atom. The van der Waals surface area contributed by atoms with Gasteiger partial charge in [-0.05, 0) is 93.2 Å². The Balaban J connectivity index is 0.00000441. The molecule has 0 saturated carbocycles. The second kappa shape index (κ2) is 15.7. The maximum atomic E-state index is 13.1. The van der Waals surface area contributed by atoms with Gasteiger partial charge in [-0.15, -0.1) is 12.4 Å². The van der Waals surface area contributed by atoms with E-state index in [1.54, 1.807) is 12.1 Å². The molecule has 0 spiro atoms. The van der Waals surface area contributed by atoms with Crippen LogP contribution in [-0.4, -0.2) is 63.8 Å². The molecule has 3 N–H and O–H groups in total. The molecule has 3 aromatic carbocycles. The molecule has 8 nitrogen and oxygen atoms in total. The molecule has 0 unspecified atom stereocenters. The van der Waals surface area contributed by atoms with Crippen LogP contribution < -0.4 is 14.9 Å². The van der Waals surface area contributed by atoms with Crippen molar-refractivity contribution in [2.45, 2.75) is 30.6 Å². The van der Waals surface area contributed by atoms with Crippen LogP contribution in [0, 0.1) is 5.92 Å². The molecule has 0 aliphatic carbocycles. The van der Waals surface area contributed by atoms with Gasteiger partial charge in [0.05, 0.1) is 11.5 Å². The predicted octanol–water partition coefficient (Wildman–Crippen LogP) is 4.76. The number of hydrogen-bond acceptors (Lipinski definition) is 5. The third-order valence-electron chi connectivity index (χ3n) is 7.06. The first-order valence-corrected chi connectivity index (χ1v) is 15.0. The number of sulfonamides is 1. The van der Waals surface area contributed by atoms with E-state index in [4.69, 9.17) is 5.11 Å². The standard InChI is InChI=1S/C30H38N4O4S.ClH/c35-23-18-31-39(37,38)29-14-12-25(13-15-29)24-26-16-21-33(22-17-26)19-7-20-34(28-10-5-2-6-11-28)30(36)32-27-8-3-1-4-9-27;/h1-6,8-15,26,31,35H,7,16-24H2,(H,32,36);1H. The number of likely N-dealkylation sites (tertiary alicyclic amines) is 1. The van der Waals surface area contributed by atoms with E-state index in [-0.39, 0.29) is 36.5 Å². The largest absolute Gasteiger partial charge is 0.395 e. The second-order valence-corrected chi connectivity index (χ2v) is 11.7. The van der Waals surface area contributed by atoms with Crippen LogP contribution in [0.25, 0.3) is 0 Å². The van der Waals surface area contributed by atoms with E-state index in [2.05, 4.69) is 14.9 Å². The van der Waals surface area contributed by atoms with Crippen molar-refractivity contribution in [2.75, 3.05) is 49.5 Å². The number of halogens is 1. The monoisotopic (exact) mass is 586 g/mol. The molecular weight excluding hydrogens is 548 g/mol. The summed E-state index contributed by atoms with van der Waals surface area (Å²) in [5.41, 5.74) is 2.80. The number of nitrogens with zero attached hydrogens (tertiary/aromatic N) is 2. The number of amides is 2. The lowest BCUT2D eigenvalue weighted by Crippen LogP contribution is -2.39. The summed E-state index contributed by atoms with van der Waals surface area (Å²) in [7, 11) is -3.58. The Hall–Kier alpha value is -2.95. The summed E-state index contributed by atoms with van der Waals surface area (Å²) < 4.78 is 26.8. The Labute approximate surface area is 243 Å². The minimum absolute atomic E-state index is 0. The van der Waals surface area contributed by atoms with Crippen molar-refractivity contribution in [3.8, 4) is 0 Å². The quantitative estimate of drug-likeness (QED) is 0.284. The lowest BCUT2D eigenvalue weighted by Gasteiger charge is -2.32. The maximum absolute atomic E-state index is 13.1. The molecular formula is C30H39ClN4O4S. The first-order chi connectivity index (χ1) is 18.9. The van der Waals surface area contributed by atoms with E-state index in [1.165, 1.54) is 0 Å². The lowest BCUT2D eigenvalue weighted by atomic mass is 9.90. The number of benzene rings is 3. The van der Waals surface area contributed by atoms with Crippen LogP contribution in [-0.2, 0) is 16.4 Å². The van der Waals surface area contributed by atoms with Gasteiger partial charge in [-0.3, -0.25) is 4.90 Å². The van der Waals surface area contributed by atoms with Crippen LogP contribution in [0.4, 0.5) is 16.2 Å². The minimum Gasteiger partial charge on any atom is -0.395 e. The summed E-state index contributed by atoms with van der Waals surface area (Å²) in [4.78, 5) is 17.6. The first kappa shape index (κ1) is 31.6. The molecule has 1 fully saturated rings. The van der Waals surface area contributed by atoms with Gasteiger partial charge in [-0.1, -0.05) is 48.5 Å². The van der Waals surface area contributed by atoms with Gasteiger partial charge >= 0.3 is 6.03 Å². The molecule has 1 aliphatic heterocycles. The van der Waals surface area contributed by atoms with Crippen molar-refractivity contribution in [3.63, 3.8) is 0 Å². The molecule has 0 aromatic heterocycles. The van der Waals surface area contributed by atoms with E-state index < -0.39 is 10.0 Å². The number of para-hydroxylation sites is 2. The van der Waals surface area contributed by atoms with Crippen LogP contribution in [0.1, 0.15) is 24.8 Å². The van der Waals surface area contributed by atoms with Crippen LogP contribution in [0.15, 0.2) is 89.8 Å². The number of piperidine rings is 1. The molecule has 1 aliphatic rings. The molecule has 0 atom stereocenters. The van der Waals surface area contributed by atoms with Crippen LogP contribution >= 0.6 is 12.4 Å². The van der Waals surface area contributed by atoms with Crippen molar-refractivity contribution in [1.29, 1.82) is 0 Å². The van der Waals surface area contributed by atoms with Gasteiger partial charge in [0, 0.05) is 24.5 Å². The number of urea groups is 1. The summed E-state index contributed by atoms with van der Waals surface area (Å²) in [5.74, 6) is 0.564. The zero-order valence-corrected chi connectivity index (χ0v) is 24.2. The molecule has 10 heteroatoms. The number of anilines is 2. The van der Waals surface area contributed by atoms with Crippen molar-refractivity contribution >= 4 is 39.8 Å². The fraction of sp³-hybridized carbons (Fsp3) is 0.367. The van der Waals surface area contributed by atoms with Gasteiger partial charge in [0.1, 0.15) is 0 Å². The summed E-state index contributed by atoms with van der Waals surface area (Å²) in [5, 5.41) is 11.9. The molecule has 40 heavy (non-hydrogen) atoms. The summed E-state index contributed by atoms with van der Waals surface area (Å²) in [6.45, 7) is 3.37. The van der Waals surface area contributed by atoms with E-state index in [0.717, 1.165) is 62.3 Å². The van der Waals surface area contributed by atoms with Crippen LogP contribution in [0.3, 0.4) is 0 Å². The molecule has 0 bridgehead atoms. The SMILES string of the molecule is Cl.O=C(Nc1ccccc1)N(CCCN1CCC(Cc2ccc(S(=O)(=O)NCCO)cc2)CC1)c1ccccc1. The maximum Gasteiger partial charge on any atom is 0.326 e. The normalized spacial score (nSPS) is 14.3. The average Bonchev–Trinajstić information content (AvgIpc) is 2.96. The zero-order chi connectivity index (χ0) is 27.5. The van der Waals surface area contributed by atoms with Gasteiger partial charge in [0.2, 0.25) is 10.0 Å². The number of carbonyl (C=O) groups excluding carboxylic acids is 1. The molecule has 216 valence electrons. The minimum atomic E-state index is -3.58. The molecule has 4 rings (SSSR count). The van der Waals surface area contributed by atoms with Gasteiger partial charge in [0.25, 0.3) is 0 Å². The molecule has 1 heterocycles. The molecule has 0 radical (unpaired) electrons. The van der Waals surface area contributed by atoms with Gasteiger partial charge in [0.15, 0.2) is 0 Å². The average molecular weight is 587 g/mol. The van der Waals surface area contributed by atoms with Crippen molar-refractivity contribution in [2.24, 2.45) is 5.92 Å².